The molecule has 0 aliphatic rings. The molecule has 0 aromatic heterocycles. The van der Waals surface area contributed by atoms with E-state index in [0.717, 1.165) is 12.5 Å². The normalized spacial score (nSPS) is 8.50. The first kappa shape index (κ1) is 13.4. The molecule has 0 aliphatic carbocycles. The fourth-order valence-electron chi connectivity index (χ4n) is 1.08. The molecule has 1 rings (SSSR count). The Morgan fingerprint density at radius 1 is 1.33 bits per heavy atom. The van der Waals surface area contributed by atoms with E-state index in [9.17, 15) is 9.59 Å². The Bertz CT molecular complexity index is 561. The molecule has 0 saturated carbocycles. The molecule has 0 spiro atoms. The lowest BCUT2D eigenvalue weighted by molar-refractivity contribution is -0.140. The molecule has 0 unspecified atom stereocenters. The highest BCUT2D eigenvalue weighted by molar-refractivity contribution is 6.61. The summed E-state index contributed by atoms with van der Waals surface area (Å²) >= 11 is 0. The molecule has 0 heterocycles. The SMILES string of the molecule is CC(=O)C(=[N+]=[N-])C(=O)OCC#Cc1ccccc1. The van der Waals surface area contributed by atoms with E-state index >= 15 is 0 Å². The minimum Gasteiger partial charge on any atom is -0.444 e. The van der Waals surface area contributed by atoms with Crippen molar-refractivity contribution in [1.82, 2.24) is 0 Å². The number of ketones is 1. The van der Waals surface area contributed by atoms with Gasteiger partial charge in [0, 0.05) is 12.5 Å². The zero-order valence-corrected chi connectivity index (χ0v) is 9.71. The third-order valence-corrected chi connectivity index (χ3v) is 1.91. The molecule has 1 aromatic rings. The van der Waals surface area contributed by atoms with Crippen LogP contribution in [0.15, 0.2) is 30.3 Å². The quantitative estimate of drug-likeness (QED) is 0.197. The first-order chi connectivity index (χ1) is 8.65. The Labute approximate surface area is 104 Å². The van der Waals surface area contributed by atoms with E-state index in [1.807, 2.05) is 30.3 Å². The first-order valence-corrected chi connectivity index (χ1v) is 5.09. The zero-order valence-electron chi connectivity index (χ0n) is 9.71. The van der Waals surface area contributed by atoms with Gasteiger partial charge >= 0.3 is 11.7 Å². The van der Waals surface area contributed by atoms with Gasteiger partial charge in [-0.05, 0) is 12.1 Å². The Balaban J connectivity index is 2.53. The monoisotopic (exact) mass is 242 g/mol. The second kappa shape index (κ2) is 6.79. The summed E-state index contributed by atoms with van der Waals surface area (Å²) in [4.78, 5) is 24.6. The van der Waals surface area contributed by atoms with E-state index in [0.29, 0.717) is 0 Å². The van der Waals surface area contributed by atoms with Crippen LogP contribution in [-0.2, 0) is 14.3 Å². The predicted molar refractivity (Wildman–Crippen MR) is 63.6 cm³/mol. The minimum absolute atomic E-state index is 0.181. The molecule has 5 nitrogen and oxygen atoms in total. The smallest absolute Gasteiger partial charge is 0.441 e. The molecule has 18 heavy (non-hydrogen) atoms. The molecule has 1 aromatic carbocycles. The molecular formula is C13H10N2O3. The molecule has 0 aliphatic heterocycles. The highest BCUT2D eigenvalue weighted by atomic mass is 16.5. The second-order valence-electron chi connectivity index (χ2n) is 3.25. The molecule has 0 radical (unpaired) electrons. The van der Waals surface area contributed by atoms with E-state index in [1.54, 1.807) is 0 Å². The molecule has 0 fully saturated rings. The number of ether oxygens (including phenoxy) is 1. The van der Waals surface area contributed by atoms with E-state index in [1.165, 1.54) is 0 Å². The van der Waals surface area contributed by atoms with Crippen molar-refractivity contribution >= 4 is 17.5 Å². The average Bonchev–Trinajstić information content (AvgIpc) is 2.36. The second-order valence-corrected chi connectivity index (χ2v) is 3.25. The van der Waals surface area contributed by atoms with Crippen molar-refractivity contribution < 1.29 is 19.1 Å². The molecule has 0 amide bonds. The van der Waals surface area contributed by atoms with Crippen molar-refractivity contribution in [2.45, 2.75) is 6.92 Å². The lowest BCUT2D eigenvalue weighted by Gasteiger charge is -1.93. The van der Waals surface area contributed by atoms with Crippen LogP contribution in [0.4, 0.5) is 0 Å². The van der Waals surface area contributed by atoms with Crippen molar-refractivity contribution in [2.75, 3.05) is 6.61 Å². The van der Waals surface area contributed by atoms with Gasteiger partial charge in [0.15, 0.2) is 6.61 Å². The zero-order chi connectivity index (χ0) is 13.4. The summed E-state index contributed by atoms with van der Waals surface area (Å²) in [7, 11) is 0. The Kier molecular flexibility index (Phi) is 5.04. The molecule has 0 bridgehead atoms. The summed E-state index contributed by atoms with van der Waals surface area (Å²) in [5, 5.41) is 0. The number of nitrogens with zero attached hydrogens (tertiary/aromatic N) is 2. The molecular weight excluding hydrogens is 232 g/mol. The minimum atomic E-state index is -0.993. The number of rotatable bonds is 3. The van der Waals surface area contributed by atoms with E-state index in [2.05, 4.69) is 21.4 Å². The molecule has 0 atom stereocenters. The maximum absolute atomic E-state index is 11.2. The summed E-state index contributed by atoms with van der Waals surface area (Å²) in [6.07, 6.45) is 0. The number of esters is 1. The Morgan fingerprint density at radius 3 is 2.56 bits per heavy atom. The number of carbonyl (C=O) groups excluding carboxylic acids is 2. The maximum atomic E-state index is 11.2. The van der Waals surface area contributed by atoms with Crippen molar-refractivity contribution in [3.8, 4) is 11.8 Å². The van der Waals surface area contributed by atoms with Gasteiger partial charge in [-0.3, -0.25) is 4.79 Å². The van der Waals surface area contributed by atoms with Crippen molar-refractivity contribution in [1.29, 1.82) is 0 Å². The number of hydrogen-bond donors (Lipinski definition) is 0. The van der Waals surface area contributed by atoms with Crippen LogP contribution in [0.5, 0.6) is 0 Å². The van der Waals surface area contributed by atoms with Gasteiger partial charge in [0.1, 0.15) is 0 Å². The van der Waals surface area contributed by atoms with Crippen LogP contribution < -0.4 is 0 Å². The lowest BCUT2D eigenvalue weighted by atomic mass is 10.2. The average molecular weight is 242 g/mol. The summed E-state index contributed by atoms with van der Waals surface area (Å²) in [6, 6.07) is 9.16. The Hall–Kier alpha value is -2.70. The van der Waals surface area contributed by atoms with Gasteiger partial charge < -0.3 is 10.3 Å². The van der Waals surface area contributed by atoms with Gasteiger partial charge in [0.05, 0.1) is 0 Å². The van der Waals surface area contributed by atoms with Crippen LogP contribution in [-0.4, -0.2) is 28.9 Å². The summed E-state index contributed by atoms with van der Waals surface area (Å²) < 4.78 is 4.65. The number of carbonyl (C=O) groups is 2. The standard InChI is InChI=1S/C13H10N2O3/c1-10(16)12(15-14)13(17)18-9-5-8-11-6-3-2-4-7-11/h2-4,6-7H,9H2,1H3. The fourth-order valence-corrected chi connectivity index (χ4v) is 1.08. The fraction of sp³-hybridized carbons (Fsp3) is 0.154. The van der Waals surface area contributed by atoms with Crippen molar-refractivity contribution in [3.05, 3.63) is 41.4 Å². The first-order valence-electron chi connectivity index (χ1n) is 5.09. The van der Waals surface area contributed by atoms with E-state index in [4.69, 9.17) is 5.53 Å². The molecule has 5 heteroatoms. The number of hydrogen-bond acceptors (Lipinski definition) is 3. The van der Waals surface area contributed by atoms with Gasteiger partial charge in [0.2, 0.25) is 5.78 Å². The maximum Gasteiger partial charge on any atom is 0.441 e. The van der Waals surface area contributed by atoms with Crippen molar-refractivity contribution in [2.24, 2.45) is 0 Å². The molecule has 0 saturated heterocycles. The summed E-state index contributed by atoms with van der Waals surface area (Å²) in [6.45, 7) is 0.923. The van der Waals surface area contributed by atoms with Gasteiger partial charge in [-0.2, -0.15) is 4.79 Å². The van der Waals surface area contributed by atoms with Gasteiger partial charge in [-0.1, -0.05) is 30.0 Å². The Morgan fingerprint density at radius 2 is 2.00 bits per heavy atom. The molecule has 90 valence electrons. The summed E-state index contributed by atoms with van der Waals surface area (Å²) in [5.41, 5.74) is 8.58. The molecule has 0 N–H and O–H groups in total. The van der Waals surface area contributed by atoms with Gasteiger partial charge in [-0.15, -0.1) is 0 Å². The van der Waals surface area contributed by atoms with E-state index < -0.39 is 17.5 Å². The van der Waals surface area contributed by atoms with Crippen LogP contribution in [0.3, 0.4) is 0 Å². The van der Waals surface area contributed by atoms with Crippen LogP contribution >= 0.6 is 0 Å². The van der Waals surface area contributed by atoms with Crippen LogP contribution in [0, 0.1) is 11.8 Å². The van der Waals surface area contributed by atoms with Crippen LogP contribution in [0.1, 0.15) is 12.5 Å². The largest absolute Gasteiger partial charge is 0.444 e. The van der Waals surface area contributed by atoms with Crippen LogP contribution in [0.2, 0.25) is 0 Å². The van der Waals surface area contributed by atoms with Crippen molar-refractivity contribution in [3.63, 3.8) is 0 Å². The van der Waals surface area contributed by atoms with Crippen LogP contribution in [0.25, 0.3) is 5.53 Å². The highest BCUT2D eigenvalue weighted by Crippen LogP contribution is 1.94. The van der Waals surface area contributed by atoms with Gasteiger partial charge in [0.25, 0.3) is 0 Å². The predicted octanol–water partition coefficient (Wildman–Crippen LogP) is 0.841. The third-order valence-electron chi connectivity index (χ3n) is 1.91. The highest BCUT2D eigenvalue weighted by Gasteiger charge is 2.26. The summed E-state index contributed by atoms with van der Waals surface area (Å²) in [5.74, 6) is 3.72. The van der Waals surface area contributed by atoms with Gasteiger partial charge in [-0.25, -0.2) is 4.79 Å². The lowest BCUT2D eigenvalue weighted by Crippen LogP contribution is -2.25. The topological polar surface area (TPSA) is 79.8 Å². The number of Topliss-reactive ketones (excluding diaryl/α,β-unsaturated/α-hetero) is 1. The third kappa shape index (κ3) is 4.05. The van der Waals surface area contributed by atoms with E-state index in [-0.39, 0.29) is 6.61 Å². The number of benzene rings is 1.